The molecular formula is C17H22N4O4. The van der Waals surface area contributed by atoms with Gasteiger partial charge in [-0.1, -0.05) is 0 Å². The maximum atomic E-state index is 12.3. The molecule has 2 fully saturated rings. The zero-order valence-corrected chi connectivity index (χ0v) is 13.9. The fourth-order valence-corrected chi connectivity index (χ4v) is 3.49. The maximum Gasteiger partial charge on any atom is 0.414 e. The lowest BCUT2D eigenvalue weighted by atomic mass is 10.1. The third-order valence-electron chi connectivity index (χ3n) is 4.88. The molecule has 0 spiro atoms. The second kappa shape index (κ2) is 6.53. The van der Waals surface area contributed by atoms with E-state index in [1.54, 1.807) is 23.1 Å². The maximum absolute atomic E-state index is 12.3. The van der Waals surface area contributed by atoms with Gasteiger partial charge in [0.05, 0.1) is 12.2 Å². The Balaban J connectivity index is 1.42. The lowest BCUT2D eigenvalue weighted by Gasteiger charge is -2.31. The van der Waals surface area contributed by atoms with Gasteiger partial charge in [0, 0.05) is 18.3 Å². The van der Waals surface area contributed by atoms with Crippen molar-refractivity contribution < 1.29 is 19.1 Å². The van der Waals surface area contributed by atoms with Crippen molar-refractivity contribution in [2.24, 2.45) is 5.73 Å². The van der Waals surface area contributed by atoms with Crippen molar-refractivity contribution in [1.29, 1.82) is 0 Å². The summed E-state index contributed by atoms with van der Waals surface area (Å²) in [7, 11) is 0. The number of piperidine rings is 1. The summed E-state index contributed by atoms with van der Waals surface area (Å²) < 4.78 is 10.9. The van der Waals surface area contributed by atoms with Crippen LogP contribution in [0.1, 0.15) is 12.8 Å². The van der Waals surface area contributed by atoms with Gasteiger partial charge in [-0.3, -0.25) is 14.6 Å². The number of hydrogen-bond donors (Lipinski definition) is 2. The van der Waals surface area contributed by atoms with E-state index in [0.29, 0.717) is 23.7 Å². The molecule has 3 heterocycles. The Hall–Kier alpha value is -2.32. The van der Waals surface area contributed by atoms with Gasteiger partial charge in [0.1, 0.15) is 11.9 Å². The number of ether oxygens (including phenoxy) is 2. The summed E-state index contributed by atoms with van der Waals surface area (Å²) in [5.41, 5.74) is 7.20. The quantitative estimate of drug-likeness (QED) is 0.839. The first-order chi connectivity index (χ1) is 12.1. The standard InChI is InChI=1S/C17H22N4O4/c18-11-3-5-20(6-4-11)8-13-9-21(17(23)25-13)12-1-2-15-14(7-12)19-16(22)10-24-15/h1-2,7,11,13H,3-6,8-10,18H2,(H,19,22)/t13-/m1/s1. The SMILES string of the molecule is NC1CCN(C[C@@H]2CN(c3ccc4c(c3)NC(=O)CO4)C(=O)O2)CC1. The molecule has 3 N–H and O–H groups in total. The summed E-state index contributed by atoms with van der Waals surface area (Å²) in [4.78, 5) is 27.6. The van der Waals surface area contributed by atoms with Crippen molar-refractivity contribution in [2.75, 3.05) is 43.0 Å². The highest BCUT2D eigenvalue weighted by molar-refractivity contribution is 5.97. The predicted octanol–water partition coefficient (Wildman–Crippen LogP) is 0.766. The van der Waals surface area contributed by atoms with E-state index in [1.807, 2.05) is 0 Å². The Labute approximate surface area is 145 Å². The van der Waals surface area contributed by atoms with Gasteiger partial charge in [-0.2, -0.15) is 0 Å². The van der Waals surface area contributed by atoms with E-state index in [1.165, 1.54) is 0 Å². The molecule has 134 valence electrons. The van der Waals surface area contributed by atoms with E-state index < -0.39 is 0 Å². The third kappa shape index (κ3) is 3.40. The van der Waals surface area contributed by atoms with Crippen molar-refractivity contribution in [3.05, 3.63) is 18.2 Å². The second-order valence-corrected chi connectivity index (χ2v) is 6.77. The minimum Gasteiger partial charge on any atom is -0.482 e. The van der Waals surface area contributed by atoms with Gasteiger partial charge >= 0.3 is 6.09 Å². The monoisotopic (exact) mass is 346 g/mol. The molecule has 0 aromatic heterocycles. The minimum absolute atomic E-state index is 0.0136. The third-order valence-corrected chi connectivity index (χ3v) is 4.88. The molecule has 3 aliphatic rings. The zero-order chi connectivity index (χ0) is 17.4. The van der Waals surface area contributed by atoms with Crippen LogP contribution in [0.4, 0.5) is 16.2 Å². The van der Waals surface area contributed by atoms with Crippen LogP contribution in [0.2, 0.25) is 0 Å². The molecule has 2 amide bonds. The molecule has 0 unspecified atom stereocenters. The normalized spacial score (nSPS) is 24.5. The van der Waals surface area contributed by atoms with Gasteiger partial charge in [-0.05, 0) is 44.1 Å². The number of benzene rings is 1. The first-order valence-corrected chi connectivity index (χ1v) is 8.61. The molecule has 3 aliphatic heterocycles. The number of hydrogen-bond acceptors (Lipinski definition) is 6. The first kappa shape index (κ1) is 16.2. The van der Waals surface area contributed by atoms with Crippen molar-refractivity contribution >= 4 is 23.4 Å². The number of likely N-dealkylation sites (tertiary alicyclic amines) is 1. The Morgan fingerprint density at radius 2 is 2.04 bits per heavy atom. The fourth-order valence-electron chi connectivity index (χ4n) is 3.49. The Morgan fingerprint density at radius 1 is 1.24 bits per heavy atom. The van der Waals surface area contributed by atoms with Crippen LogP contribution in [0, 0.1) is 0 Å². The molecule has 1 aromatic rings. The number of nitrogens with two attached hydrogens (primary N) is 1. The Morgan fingerprint density at radius 3 is 2.84 bits per heavy atom. The molecule has 0 radical (unpaired) electrons. The summed E-state index contributed by atoms with van der Waals surface area (Å²) in [6.45, 7) is 3.11. The van der Waals surface area contributed by atoms with Crippen molar-refractivity contribution in [3.63, 3.8) is 0 Å². The number of nitrogens with one attached hydrogen (secondary N) is 1. The lowest BCUT2D eigenvalue weighted by Crippen LogP contribution is -2.43. The number of carbonyl (C=O) groups is 2. The highest BCUT2D eigenvalue weighted by Crippen LogP contribution is 2.33. The number of rotatable bonds is 3. The average molecular weight is 346 g/mol. The van der Waals surface area contributed by atoms with Crippen LogP contribution in [-0.4, -0.2) is 61.8 Å². The number of fused-ring (bicyclic) bond motifs is 1. The van der Waals surface area contributed by atoms with Crippen LogP contribution in [0.5, 0.6) is 5.75 Å². The predicted molar refractivity (Wildman–Crippen MR) is 91.8 cm³/mol. The number of cyclic esters (lactones) is 1. The van der Waals surface area contributed by atoms with Gasteiger partial charge in [0.25, 0.3) is 5.91 Å². The Kier molecular flexibility index (Phi) is 4.22. The van der Waals surface area contributed by atoms with Crippen LogP contribution >= 0.6 is 0 Å². The fraction of sp³-hybridized carbons (Fsp3) is 0.529. The zero-order valence-electron chi connectivity index (χ0n) is 13.9. The van der Waals surface area contributed by atoms with E-state index in [0.717, 1.165) is 32.5 Å². The van der Waals surface area contributed by atoms with Gasteiger partial charge in [-0.15, -0.1) is 0 Å². The van der Waals surface area contributed by atoms with E-state index in [2.05, 4.69) is 10.2 Å². The van der Waals surface area contributed by atoms with Crippen LogP contribution in [0.3, 0.4) is 0 Å². The molecule has 4 rings (SSSR count). The topological polar surface area (TPSA) is 97.1 Å². The largest absolute Gasteiger partial charge is 0.482 e. The highest BCUT2D eigenvalue weighted by Gasteiger charge is 2.34. The van der Waals surface area contributed by atoms with Crippen LogP contribution < -0.4 is 20.7 Å². The second-order valence-electron chi connectivity index (χ2n) is 6.77. The molecule has 25 heavy (non-hydrogen) atoms. The lowest BCUT2D eigenvalue weighted by molar-refractivity contribution is -0.118. The Bertz CT molecular complexity index is 687. The highest BCUT2D eigenvalue weighted by atomic mass is 16.6. The van der Waals surface area contributed by atoms with Gasteiger partial charge in [0.2, 0.25) is 0 Å². The van der Waals surface area contributed by atoms with Crippen LogP contribution in [0.15, 0.2) is 18.2 Å². The average Bonchev–Trinajstić information content (AvgIpc) is 2.96. The summed E-state index contributed by atoms with van der Waals surface area (Å²) >= 11 is 0. The van der Waals surface area contributed by atoms with Gasteiger partial charge in [0.15, 0.2) is 6.61 Å². The van der Waals surface area contributed by atoms with Crippen molar-refractivity contribution in [2.45, 2.75) is 25.0 Å². The molecule has 0 bridgehead atoms. The van der Waals surface area contributed by atoms with Crippen LogP contribution in [-0.2, 0) is 9.53 Å². The molecule has 0 saturated carbocycles. The summed E-state index contributed by atoms with van der Waals surface area (Å²) in [6, 6.07) is 5.60. The molecule has 2 saturated heterocycles. The van der Waals surface area contributed by atoms with Crippen molar-refractivity contribution in [3.8, 4) is 5.75 Å². The summed E-state index contributed by atoms with van der Waals surface area (Å²) in [5.74, 6) is 0.409. The molecule has 0 aliphatic carbocycles. The molecule has 8 heteroatoms. The van der Waals surface area contributed by atoms with E-state index in [-0.39, 0.29) is 30.8 Å². The van der Waals surface area contributed by atoms with E-state index >= 15 is 0 Å². The number of anilines is 2. The van der Waals surface area contributed by atoms with Crippen molar-refractivity contribution in [1.82, 2.24) is 4.90 Å². The summed E-state index contributed by atoms with van der Waals surface area (Å²) in [6.07, 6.45) is 1.44. The summed E-state index contributed by atoms with van der Waals surface area (Å²) in [5, 5.41) is 2.76. The van der Waals surface area contributed by atoms with Gasteiger partial charge in [-0.25, -0.2) is 4.79 Å². The van der Waals surface area contributed by atoms with E-state index in [4.69, 9.17) is 15.2 Å². The number of amides is 2. The van der Waals surface area contributed by atoms with E-state index in [9.17, 15) is 9.59 Å². The first-order valence-electron chi connectivity index (χ1n) is 8.61. The van der Waals surface area contributed by atoms with Crippen LogP contribution in [0.25, 0.3) is 0 Å². The molecular weight excluding hydrogens is 324 g/mol. The molecule has 1 atom stereocenters. The smallest absolute Gasteiger partial charge is 0.414 e. The van der Waals surface area contributed by atoms with Gasteiger partial charge < -0.3 is 20.5 Å². The number of nitrogens with zero attached hydrogens (tertiary/aromatic N) is 2. The molecule has 1 aromatic carbocycles. The number of carbonyl (C=O) groups excluding carboxylic acids is 2. The molecule has 8 nitrogen and oxygen atoms in total. The minimum atomic E-state index is -0.360.